The number of thioether (sulfide) groups is 1. The molecule has 0 aliphatic carbocycles. The minimum absolute atomic E-state index is 0.218. The second-order valence-corrected chi connectivity index (χ2v) is 5.84. The molecule has 0 saturated carbocycles. The van der Waals surface area contributed by atoms with Crippen LogP contribution in [0.4, 0.5) is 0 Å². The van der Waals surface area contributed by atoms with Crippen LogP contribution >= 0.6 is 23.1 Å². The summed E-state index contributed by atoms with van der Waals surface area (Å²) in [5.74, 6) is 0. The van der Waals surface area contributed by atoms with Gasteiger partial charge in [0, 0.05) is 24.2 Å². The first kappa shape index (κ1) is 11.5. The van der Waals surface area contributed by atoms with Gasteiger partial charge in [0.1, 0.15) is 5.01 Å². The molecule has 84 valence electrons. The Kier molecular flexibility index (Phi) is 3.87. The molecule has 0 aliphatic heterocycles. The molecular formula is C10H12N4S2. The molecule has 2 N–H and O–H groups in total. The number of nitrogens with zero attached hydrogens (tertiary/aromatic N) is 3. The molecule has 0 spiro atoms. The molecule has 0 saturated heterocycles. The van der Waals surface area contributed by atoms with Gasteiger partial charge in [0.2, 0.25) is 0 Å². The Morgan fingerprint density at radius 1 is 1.38 bits per heavy atom. The SMILES string of the molecule is Cc1nnc(SC(CN)c2ccncc2)s1. The normalized spacial score (nSPS) is 12.6. The highest BCUT2D eigenvalue weighted by atomic mass is 32.2. The second kappa shape index (κ2) is 5.38. The van der Waals surface area contributed by atoms with Gasteiger partial charge in [0.15, 0.2) is 4.34 Å². The smallest absolute Gasteiger partial charge is 0.174 e. The molecular weight excluding hydrogens is 240 g/mol. The third-order valence-corrected chi connectivity index (χ3v) is 4.25. The van der Waals surface area contributed by atoms with E-state index in [2.05, 4.69) is 15.2 Å². The Hall–Kier alpha value is -0.980. The number of nitrogens with two attached hydrogens (primary N) is 1. The van der Waals surface area contributed by atoms with Crippen molar-refractivity contribution in [2.75, 3.05) is 6.54 Å². The van der Waals surface area contributed by atoms with E-state index < -0.39 is 0 Å². The average Bonchev–Trinajstić information content (AvgIpc) is 2.73. The minimum Gasteiger partial charge on any atom is -0.329 e. The van der Waals surface area contributed by atoms with Crippen molar-refractivity contribution >= 4 is 23.1 Å². The van der Waals surface area contributed by atoms with Crippen LogP contribution in [0.15, 0.2) is 28.9 Å². The second-order valence-electron chi connectivity index (χ2n) is 3.21. The Labute approximate surface area is 102 Å². The van der Waals surface area contributed by atoms with Gasteiger partial charge in [-0.3, -0.25) is 4.98 Å². The third-order valence-electron chi connectivity index (χ3n) is 2.04. The molecule has 2 heterocycles. The van der Waals surface area contributed by atoms with E-state index in [9.17, 15) is 0 Å². The van der Waals surface area contributed by atoms with Crippen molar-refractivity contribution in [1.29, 1.82) is 0 Å². The fourth-order valence-electron chi connectivity index (χ4n) is 1.28. The molecule has 0 fully saturated rings. The summed E-state index contributed by atoms with van der Waals surface area (Å²) in [4.78, 5) is 4.00. The Morgan fingerprint density at radius 2 is 2.12 bits per heavy atom. The van der Waals surface area contributed by atoms with Gasteiger partial charge in [-0.15, -0.1) is 10.2 Å². The molecule has 6 heteroatoms. The Morgan fingerprint density at radius 3 is 2.69 bits per heavy atom. The molecule has 1 atom stereocenters. The summed E-state index contributed by atoms with van der Waals surface area (Å²) in [7, 11) is 0. The van der Waals surface area contributed by atoms with E-state index in [0.29, 0.717) is 6.54 Å². The van der Waals surface area contributed by atoms with Crippen molar-refractivity contribution in [3.05, 3.63) is 35.1 Å². The van der Waals surface area contributed by atoms with Gasteiger partial charge in [-0.1, -0.05) is 23.1 Å². The van der Waals surface area contributed by atoms with Gasteiger partial charge in [0.05, 0.1) is 0 Å². The van der Waals surface area contributed by atoms with E-state index in [1.807, 2.05) is 19.1 Å². The van der Waals surface area contributed by atoms with E-state index in [-0.39, 0.29) is 5.25 Å². The summed E-state index contributed by atoms with van der Waals surface area (Å²) in [5, 5.41) is 9.28. The lowest BCUT2D eigenvalue weighted by atomic mass is 10.2. The largest absolute Gasteiger partial charge is 0.329 e. The van der Waals surface area contributed by atoms with Crippen molar-refractivity contribution in [3.63, 3.8) is 0 Å². The maximum absolute atomic E-state index is 5.77. The van der Waals surface area contributed by atoms with Gasteiger partial charge in [-0.2, -0.15) is 0 Å². The molecule has 1 unspecified atom stereocenters. The Balaban J connectivity index is 2.12. The molecule has 0 radical (unpaired) electrons. The van der Waals surface area contributed by atoms with Crippen LogP contribution in [-0.4, -0.2) is 21.7 Å². The first-order chi connectivity index (χ1) is 7.79. The monoisotopic (exact) mass is 252 g/mol. The van der Waals surface area contributed by atoms with E-state index in [0.717, 1.165) is 9.35 Å². The fourth-order valence-corrected chi connectivity index (χ4v) is 3.32. The number of pyridine rings is 1. The maximum Gasteiger partial charge on any atom is 0.174 e. The summed E-state index contributed by atoms with van der Waals surface area (Å²) in [6, 6.07) is 3.97. The third kappa shape index (κ3) is 2.78. The quantitative estimate of drug-likeness (QED) is 0.843. The Bertz CT molecular complexity index is 443. The van der Waals surface area contributed by atoms with Crippen LogP contribution < -0.4 is 5.73 Å². The number of hydrogen-bond acceptors (Lipinski definition) is 6. The van der Waals surface area contributed by atoms with Gasteiger partial charge >= 0.3 is 0 Å². The zero-order valence-corrected chi connectivity index (χ0v) is 10.5. The predicted molar refractivity (Wildman–Crippen MR) is 66.5 cm³/mol. The van der Waals surface area contributed by atoms with Crippen LogP contribution in [0, 0.1) is 6.92 Å². The van der Waals surface area contributed by atoms with E-state index in [4.69, 9.17) is 5.73 Å². The lowest BCUT2D eigenvalue weighted by molar-refractivity contribution is 0.925. The highest BCUT2D eigenvalue weighted by Crippen LogP contribution is 2.35. The van der Waals surface area contributed by atoms with Crippen LogP contribution in [-0.2, 0) is 0 Å². The van der Waals surface area contributed by atoms with Crippen molar-refractivity contribution in [1.82, 2.24) is 15.2 Å². The summed E-state index contributed by atoms with van der Waals surface area (Å²) in [6.45, 7) is 2.53. The molecule has 0 bridgehead atoms. The standard InChI is InChI=1S/C10H12N4S2/c1-7-13-14-10(15-7)16-9(6-11)8-2-4-12-5-3-8/h2-5,9H,6,11H2,1H3. The van der Waals surface area contributed by atoms with Gasteiger partial charge in [-0.05, 0) is 24.6 Å². The van der Waals surface area contributed by atoms with Crippen LogP contribution in [0.2, 0.25) is 0 Å². The van der Waals surface area contributed by atoms with Crippen LogP contribution in [0.25, 0.3) is 0 Å². The van der Waals surface area contributed by atoms with Crippen LogP contribution in [0.3, 0.4) is 0 Å². The summed E-state index contributed by atoms with van der Waals surface area (Å²) in [5.41, 5.74) is 6.95. The molecule has 0 aliphatic rings. The van der Waals surface area contributed by atoms with Gasteiger partial charge < -0.3 is 5.73 Å². The topological polar surface area (TPSA) is 64.7 Å². The molecule has 0 amide bonds. The lowest BCUT2D eigenvalue weighted by Crippen LogP contribution is -2.09. The number of aryl methyl sites for hydroxylation is 1. The predicted octanol–water partition coefficient (Wildman–Crippen LogP) is 2.03. The average molecular weight is 252 g/mol. The van der Waals surface area contributed by atoms with Gasteiger partial charge in [-0.25, -0.2) is 0 Å². The molecule has 2 aromatic rings. The van der Waals surface area contributed by atoms with Gasteiger partial charge in [0.25, 0.3) is 0 Å². The number of hydrogen-bond donors (Lipinski definition) is 1. The highest BCUT2D eigenvalue weighted by Gasteiger charge is 2.13. The number of aromatic nitrogens is 3. The van der Waals surface area contributed by atoms with Crippen molar-refractivity contribution < 1.29 is 0 Å². The fraction of sp³-hybridized carbons (Fsp3) is 0.300. The number of rotatable bonds is 4. The first-order valence-corrected chi connectivity index (χ1v) is 6.56. The molecule has 0 aromatic carbocycles. The van der Waals surface area contributed by atoms with Crippen molar-refractivity contribution in [2.24, 2.45) is 5.73 Å². The van der Waals surface area contributed by atoms with E-state index >= 15 is 0 Å². The van der Waals surface area contributed by atoms with E-state index in [1.54, 1.807) is 35.5 Å². The highest BCUT2D eigenvalue weighted by molar-refractivity contribution is 8.01. The maximum atomic E-state index is 5.77. The molecule has 2 aromatic heterocycles. The molecule has 2 rings (SSSR count). The summed E-state index contributed by atoms with van der Waals surface area (Å²) < 4.78 is 0.963. The zero-order valence-electron chi connectivity index (χ0n) is 8.83. The molecule has 4 nitrogen and oxygen atoms in total. The van der Waals surface area contributed by atoms with Crippen LogP contribution in [0.1, 0.15) is 15.8 Å². The minimum atomic E-state index is 0.218. The zero-order chi connectivity index (χ0) is 11.4. The summed E-state index contributed by atoms with van der Waals surface area (Å²) in [6.07, 6.45) is 3.56. The van der Waals surface area contributed by atoms with Crippen molar-refractivity contribution in [2.45, 2.75) is 16.5 Å². The lowest BCUT2D eigenvalue weighted by Gasteiger charge is -2.11. The molecule has 16 heavy (non-hydrogen) atoms. The van der Waals surface area contributed by atoms with Crippen molar-refractivity contribution in [3.8, 4) is 0 Å². The van der Waals surface area contributed by atoms with E-state index in [1.165, 1.54) is 5.56 Å². The summed E-state index contributed by atoms with van der Waals surface area (Å²) >= 11 is 3.25. The first-order valence-electron chi connectivity index (χ1n) is 4.86. The van der Waals surface area contributed by atoms with Crippen LogP contribution in [0.5, 0.6) is 0 Å².